The maximum atomic E-state index is 8.18. The minimum atomic E-state index is 0.0704. The molecule has 1 aliphatic carbocycles. The van der Waals surface area contributed by atoms with E-state index in [9.17, 15) is 0 Å². The smallest absolute Gasteiger partial charge is 0.142 e. The zero-order valence-electron chi connectivity index (χ0n) is 16.8. The van der Waals surface area contributed by atoms with Crippen LogP contribution >= 0.6 is 0 Å². The zero-order chi connectivity index (χ0) is 20.2. The van der Waals surface area contributed by atoms with E-state index >= 15 is 0 Å². The second-order valence-corrected chi connectivity index (χ2v) is 7.58. The van der Waals surface area contributed by atoms with E-state index in [-0.39, 0.29) is 5.84 Å². The third-order valence-corrected chi connectivity index (χ3v) is 5.68. The highest BCUT2D eigenvalue weighted by Gasteiger charge is 2.25. The van der Waals surface area contributed by atoms with E-state index in [0.717, 1.165) is 28.3 Å². The number of nitrogens with one attached hydrogen (secondary N) is 2. The molecular formula is C24H28N4O. The highest BCUT2D eigenvalue weighted by atomic mass is 16.5. The molecule has 2 aromatic carbocycles. The van der Waals surface area contributed by atoms with Crippen molar-refractivity contribution in [2.75, 3.05) is 12.5 Å². The molecule has 0 saturated heterocycles. The zero-order valence-corrected chi connectivity index (χ0v) is 16.8. The summed E-state index contributed by atoms with van der Waals surface area (Å²) in [6.45, 7) is 0. The summed E-state index contributed by atoms with van der Waals surface area (Å²) < 4.78 is 7.91. The summed E-state index contributed by atoms with van der Waals surface area (Å²) in [6, 6.07) is 19.9. The van der Waals surface area contributed by atoms with Gasteiger partial charge in [-0.3, -0.25) is 10.1 Å². The van der Waals surface area contributed by atoms with Gasteiger partial charge >= 0.3 is 0 Å². The summed E-state index contributed by atoms with van der Waals surface area (Å²) in [5, 5.41) is 8.18. The van der Waals surface area contributed by atoms with Crippen molar-refractivity contribution in [3.8, 4) is 22.6 Å². The van der Waals surface area contributed by atoms with Crippen molar-refractivity contribution < 1.29 is 4.74 Å². The molecule has 0 spiro atoms. The Labute approximate surface area is 172 Å². The van der Waals surface area contributed by atoms with Gasteiger partial charge in [-0.1, -0.05) is 49.6 Å². The fraction of sp³-hybridized carbons (Fsp3) is 0.292. The molecule has 0 radical (unpaired) electrons. The standard InChI is InChI=1S/C24H28N4O/c1-27-28-22(18-8-4-2-5-9-18)16-21(23(28)24(25)26)17-12-14-20(15-13-17)29-19-10-6-3-7-11-19/h3,6-7,10-16,18,27H,2,4-5,8-9H2,1H3,(H3,25,26). The summed E-state index contributed by atoms with van der Waals surface area (Å²) in [6.07, 6.45) is 6.20. The predicted molar refractivity (Wildman–Crippen MR) is 119 cm³/mol. The second-order valence-electron chi connectivity index (χ2n) is 7.58. The van der Waals surface area contributed by atoms with Gasteiger partial charge in [-0.25, -0.2) is 0 Å². The SMILES string of the molecule is CNn1c(C2CCCCC2)cc(-c2ccc(Oc3ccccc3)cc2)c1C(=N)N. The molecule has 1 fully saturated rings. The van der Waals surface area contributed by atoms with Crippen LogP contribution in [0.2, 0.25) is 0 Å². The number of rotatable bonds is 6. The van der Waals surface area contributed by atoms with Gasteiger partial charge in [-0.15, -0.1) is 0 Å². The number of nitrogens with two attached hydrogens (primary N) is 1. The molecule has 0 bridgehead atoms. The molecule has 0 unspecified atom stereocenters. The summed E-state index contributed by atoms with van der Waals surface area (Å²) in [5.74, 6) is 2.17. The van der Waals surface area contributed by atoms with Gasteiger partial charge < -0.3 is 15.9 Å². The number of nitrogens with zero attached hydrogens (tertiary/aromatic N) is 1. The molecule has 150 valence electrons. The molecule has 5 nitrogen and oxygen atoms in total. The van der Waals surface area contributed by atoms with Crippen LogP contribution in [0.3, 0.4) is 0 Å². The van der Waals surface area contributed by atoms with Crippen molar-refractivity contribution >= 4 is 5.84 Å². The maximum absolute atomic E-state index is 8.18. The van der Waals surface area contributed by atoms with E-state index in [1.165, 1.54) is 37.8 Å². The molecule has 29 heavy (non-hydrogen) atoms. The molecule has 0 aliphatic heterocycles. The average Bonchev–Trinajstić information content (AvgIpc) is 3.16. The molecule has 1 heterocycles. The van der Waals surface area contributed by atoms with Crippen LogP contribution in [0, 0.1) is 5.41 Å². The summed E-state index contributed by atoms with van der Waals surface area (Å²) >= 11 is 0. The summed E-state index contributed by atoms with van der Waals surface area (Å²) in [5.41, 5.74) is 13.2. The first kappa shape index (κ1) is 19.1. The Balaban J connectivity index is 1.68. The van der Waals surface area contributed by atoms with Crippen LogP contribution in [0.4, 0.5) is 0 Å². The third kappa shape index (κ3) is 3.99. The molecule has 3 aromatic rings. The Morgan fingerprint density at radius 1 is 1.00 bits per heavy atom. The molecule has 5 heteroatoms. The summed E-state index contributed by atoms with van der Waals surface area (Å²) in [4.78, 5) is 0. The lowest BCUT2D eigenvalue weighted by atomic mass is 9.87. The Kier molecular flexibility index (Phi) is 5.56. The maximum Gasteiger partial charge on any atom is 0.142 e. The van der Waals surface area contributed by atoms with Crippen LogP contribution in [0.25, 0.3) is 11.1 Å². The first-order chi connectivity index (χ1) is 14.2. The van der Waals surface area contributed by atoms with Gasteiger partial charge in [0.2, 0.25) is 0 Å². The van der Waals surface area contributed by atoms with E-state index < -0.39 is 0 Å². The second kappa shape index (κ2) is 8.43. The van der Waals surface area contributed by atoms with E-state index in [0.29, 0.717) is 5.92 Å². The van der Waals surface area contributed by atoms with Crippen molar-refractivity contribution in [1.82, 2.24) is 4.68 Å². The number of ether oxygens (including phenoxy) is 1. The van der Waals surface area contributed by atoms with Crippen LogP contribution in [0.5, 0.6) is 11.5 Å². The molecule has 1 aliphatic rings. The quantitative estimate of drug-likeness (QED) is 0.388. The van der Waals surface area contributed by atoms with Crippen LogP contribution in [0.1, 0.15) is 49.4 Å². The van der Waals surface area contributed by atoms with Gasteiger partial charge in [0.1, 0.15) is 23.0 Å². The van der Waals surface area contributed by atoms with Gasteiger partial charge in [-0.05, 0) is 48.7 Å². The molecule has 1 saturated carbocycles. The van der Waals surface area contributed by atoms with Crippen molar-refractivity contribution in [2.24, 2.45) is 5.73 Å². The number of nitrogen functional groups attached to an aromatic ring is 1. The van der Waals surface area contributed by atoms with Gasteiger partial charge in [0.15, 0.2) is 0 Å². The highest BCUT2D eigenvalue weighted by molar-refractivity contribution is 6.00. The van der Waals surface area contributed by atoms with Crippen LogP contribution in [0.15, 0.2) is 60.7 Å². The Morgan fingerprint density at radius 3 is 2.28 bits per heavy atom. The Morgan fingerprint density at radius 2 is 1.66 bits per heavy atom. The van der Waals surface area contributed by atoms with E-state index in [4.69, 9.17) is 15.9 Å². The first-order valence-corrected chi connectivity index (χ1v) is 10.3. The number of para-hydroxylation sites is 1. The van der Waals surface area contributed by atoms with Gasteiger partial charge in [0.05, 0.1) is 0 Å². The topological polar surface area (TPSA) is 76.1 Å². The number of hydrogen-bond acceptors (Lipinski definition) is 3. The number of aromatic nitrogens is 1. The highest BCUT2D eigenvalue weighted by Crippen LogP contribution is 2.37. The minimum absolute atomic E-state index is 0.0704. The van der Waals surface area contributed by atoms with E-state index in [2.05, 4.69) is 11.5 Å². The normalized spacial score (nSPS) is 14.5. The van der Waals surface area contributed by atoms with Crippen molar-refractivity contribution in [3.05, 3.63) is 72.1 Å². The van der Waals surface area contributed by atoms with Crippen molar-refractivity contribution in [2.45, 2.75) is 38.0 Å². The van der Waals surface area contributed by atoms with Crippen molar-refractivity contribution in [1.29, 1.82) is 5.41 Å². The van der Waals surface area contributed by atoms with E-state index in [1.807, 2.05) is 66.3 Å². The number of amidine groups is 1. The molecular weight excluding hydrogens is 360 g/mol. The predicted octanol–water partition coefficient (Wildman–Crippen LogP) is 5.45. The molecule has 0 amide bonds. The summed E-state index contributed by atoms with van der Waals surface area (Å²) in [7, 11) is 1.89. The molecule has 4 N–H and O–H groups in total. The number of benzene rings is 2. The third-order valence-electron chi connectivity index (χ3n) is 5.68. The molecule has 1 aromatic heterocycles. The van der Waals surface area contributed by atoms with E-state index in [1.54, 1.807) is 0 Å². The van der Waals surface area contributed by atoms with Gasteiger partial charge in [0.25, 0.3) is 0 Å². The average molecular weight is 389 g/mol. The minimum Gasteiger partial charge on any atom is -0.457 e. The van der Waals surface area contributed by atoms with Crippen LogP contribution in [-0.4, -0.2) is 17.6 Å². The number of hydrogen-bond donors (Lipinski definition) is 3. The molecule has 0 atom stereocenters. The van der Waals surface area contributed by atoms with Crippen molar-refractivity contribution in [3.63, 3.8) is 0 Å². The van der Waals surface area contributed by atoms with Crippen LogP contribution in [-0.2, 0) is 0 Å². The van der Waals surface area contributed by atoms with Crippen LogP contribution < -0.4 is 15.9 Å². The lowest BCUT2D eigenvalue weighted by Gasteiger charge is -2.23. The lowest BCUT2D eigenvalue weighted by Crippen LogP contribution is -2.25. The first-order valence-electron chi connectivity index (χ1n) is 10.3. The largest absolute Gasteiger partial charge is 0.457 e. The lowest BCUT2D eigenvalue weighted by molar-refractivity contribution is 0.430. The molecule has 4 rings (SSSR count). The van der Waals surface area contributed by atoms with Gasteiger partial charge in [0, 0.05) is 24.2 Å². The van der Waals surface area contributed by atoms with Gasteiger partial charge in [-0.2, -0.15) is 0 Å². The monoisotopic (exact) mass is 388 g/mol. The Bertz CT molecular complexity index is 970. The Hall–Kier alpha value is -3.21. The fourth-order valence-corrected chi connectivity index (χ4v) is 4.28. The fourth-order valence-electron chi connectivity index (χ4n) is 4.28.